The number of para-hydroxylation sites is 1. The third kappa shape index (κ3) is 4.41. The van der Waals surface area contributed by atoms with Crippen LogP contribution < -0.4 is 10.9 Å². The molecule has 0 unspecified atom stereocenters. The molecule has 140 valence electrons. The fraction of sp³-hybridized carbons (Fsp3) is 0.263. The maximum atomic E-state index is 12.6. The SMILES string of the molecule is CN(C)C(=O)CCCn1ccc(NC(=O)c2cc(=O)[nH]c3ccccc23)n1. The predicted molar refractivity (Wildman–Crippen MR) is 103 cm³/mol. The molecule has 27 heavy (non-hydrogen) atoms. The second-order valence-corrected chi connectivity index (χ2v) is 6.40. The maximum absolute atomic E-state index is 12.6. The highest BCUT2D eigenvalue weighted by Gasteiger charge is 2.13. The Hall–Kier alpha value is -3.42. The first-order valence-electron chi connectivity index (χ1n) is 8.61. The highest BCUT2D eigenvalue weighted by atomic mass is 16.2. The Morgan fingerprint density at radius 2 is 2.00 bits per heavy atom. The van der Waals surface area contributed by atoms with Crippen LogP contribution in [0.25, 0.3) is 10.9 Å². The van der Waals surface area contributed by atoms with Crippen molar-refractivity contribution >= 4 is 28.5 Å². The zero-order valence-corrected chi connectivity index (χ0v) is 15.2. The van der Waals surface area contributed by atoms with Crippen LogP contribution in [0.4, 0.5) is 5.82 Å². The van der Waals surface area contributed by atoms with E-state index in [-0.39, 0.29) is 11.5 Å². The number of rotatable bonds is 6. The van der Waals surface area contributed by atoms with Gasteiger partial charge in [-0.2, -0.15) is 5.10 Å². The van der Waals surface area contributed by atoms with E-state index in [1.54, 1.807) is 60.2 Å². The van der Waals surface area contributed by atoms with Gasteiger partial charge in [0.2, 0.25) is 11.5 Å². The summed E-state index contributed by atoms with van der Waals surface area (Å²) in [5.74, 6) is 0.0606. The van der Waals surface area contributed by atoms with Gasteiger partial charge >= 0.3 is 0 Å². The lowest BCUT2D eigenvalue weighted by Gasteiger charge is -2.09. The summed E-state index contributed by atoms with van der Waals surface area (Å²) in [6.45, 7) is 0.573. The number of aryl methyl sites for hydroxylation is 1. The van der Waals surface area contributed by atoms with E-state index in [2.05, 4.69) is 15.4 Å². The lowest BCUT2D eigenvalue weighted by Crippen LogP contribution is -2.21. The van der Waals surface area contributed by atoms with E-state index in [4.69, 9.17) is 0 Å². The summed E-state index contributed by atoms with van der Waals surface area (Å²) in [7, 11) is 3.45. The predicted octanol–water partition coefficient (Wildman–Crippen LogP) is 1.85. The molecule has 0 aliphatic rings. The van der Waals surface area contributed by atoms with Crippen LogP contribution in [-0.4, -0.2) is 45.6 Å². The number of aromatic nitrogens is 3. The van der Waals surface area contributed by atoms with Gasteiger partial charge in [0.1, 0.15) is 0 Å². The van der Waals surface area contributed by atoms with Crippen molar-refractivity contribution in [2.75, 3.05) is 19.4 Å². The molecule has 1 aromatic carbocycles. The summed E-state index contributed by atoms with van der Waals surface area (Å²) in [5, 5.41) is 7.67. The van der Waals surface area contributed by atoms with Crippen molar-refractivity contribution in [2.45, 2.75) is 19.4 Å². The van der Waals surface area contributed by atoms with Gasteiger partial charge in [0.15, 0.2) is 5.82 Å². The number of carbonyl (C=O) groups excluding carboxylic acids is 2. The Bertz CT molecular complexity index is 1040. The molecule has 0 aliphatic heterocycles. The Kier molecular flexibility index (Phi) is 5.35. The number of nitrogens with zero attached hydrogens (tertiary/aromatic N) is 3. The van der Waals surface area contributed by atoms with E-state index in [9.17, 15) is 14.4 Å². The monoisotopic (exact) mass is 367 g/mol. The fourth-order valence-electron chi connectivity index (χ4n) is 2.74. The zero-order valence-electron chi connectivity index (χ0n) is 15.2. The fourth-order valence-corrected chi connectivity index (χ4v) is 2.74. The van der Waals surface area contributed by atoms with E-state index >= 15 is 0 Å². The third-order valence-corrected chi connectivity index (χ3v) is 4.15. The van der Waals surface area contributed by atoms with E-state index in [0.29, 0.717) is 41.7 Å². The Labute approximate surface area is 155 Å². The Morgan fingerprint density at radius 3 is 2.78 bits per heavy atom. The molecule has 8 heteroatoms. The minimum atomic E-state index is -0.398. The molecule has 0 aliphatic carbocycles. The van der Waals surface area contributed by atoms with Crippen LogP contribution in [0.2, 0.25) is 0 Å². The van der Waals surface area contributed by atoms with Crippen LogP contribution in [0, 0.1) is 0 Å². The number of carbonyl (C=O) groups is 2. The standard InChI is InChI=1S/C19H21N5O3/c1-23(2)18(26)8-5-10-24-11-9-16(22-24)21-19(27)14-12-17(25)20-15-7-4-3-6-13(14)15/h3-4,6-7,9,11-12H,5,8,10H2,1-2H3,(H,20,25)(H,21,22,27). The molecule has 3 rings (SSSR count). The molecule has 8 nitrogen and oxygen atoms in total. The minimum absolute atomic E-state index is 0.0665. The smallest absolute Gasteiger partial charge is 0.257 e. The first-order chi connectivity index (χ1) is 12.9. The van der Waals surface area contributed by atoms with E-state index < -0.39 is 5.91 Å². The van der Waals surface area contributed by atoms with Crippen LogP contribution >= 0.6 is 0 Å². The summed E-state index contributed by atoms with van der Waals surface area (Å²) in [6, 6.07) is 10.1. The third-order valence-electron chi connectivity index (χ3n) is 4.15. The van der Waals surface area contributed by atoms with Crippen LogP contribution in [0.15, 0.2) is 47.4 Å². The van der Waals surface area contributed by atoms with Crippen molar-refractivity contribution < 1.29 is 9.59 Å². The normalized spacial score (nSPS) is 10.7. The molecule has 0 atom stereocenters. The second-order valence-electron chi connectivity index (χ2n) is 6.40. The first-order valence-corrected chi connectivity index (χ1v) is 8.61. The topological polar surface area (TPSA) is 100 Å². The van der Waals surface area contributed by atoms with E-state index in [1.165, 1.54) is 6.07 Å². The van der Waals surface area contributed by atoms with Crippen molar-refractivity contribution in [3.05, 3.63) is 58.5 Å². The quantitative estimate of drug-likeness (QED) is 0.694. The van der Waals surface area contributed by atoms with Crippen molar-refractivity contribution in [1.29, 1.82) is 0 Å². The number of H-pyrrole nitrogens is 1. The first kappa shape index (κ1) is 18.4. The van der Waals surface area contributed by atoms with E-state index in [1.807, 2.05) is 0 Å². The number of nitrogens with one attached hydrogen (secondary N) is 2. The molecule has 2 heterocycles. The van der Waals surface area contributed by atoms with Gasteiger partial charge in [-0.05, 0) is 12.5 Å². The van der Waals surface area contributed by atoms with Crippen LogP contribution in [-0.2, 0) is 11.3 Å². The highest BCUT2D eigenvalue weighted by molar-refractivity contribution is 6.11. The van der Waals surface area contributed by atoms with Gasteiger partial charge in [0, 0.05) is 56.3 Å². The molecule has 2 amide bonds. The van der Waals surface area contributed by atoms with Gasteiger partial charge in [-0.25, -0.2) is 0 Å². The largest absolute Gasteiger partial charge is 0.349 e. The van der Waals surface area contributed by atoms with Gasteiger partial charge in [0.05, 0.1) is 5.56 Å². The molecule has 0 saturated heterocycles. The molecule has 0 saturated carbocycles. The molecular formula is C19H21N5O3. The lowest BCUT2D eigenvalue weighted by molar-refractivity contribution is -0.128. The number of amides is 2. The van der Waals surface area contributed by atoms with E-state index in [0.717, 1.165) is 0 Å². The summed E-state index contributed by atoms with van der Waals surface area (Å²) in [5.41, 5.74) is 0.557. The molecular weight excluding hydrogens is 346 g/mol. The number of benzene rings is 1. The zero-order chi connectivity index (χ0) is 19.4. The number of hydrogen-bond donors (Lipinski definition) is 2. The summed E-state index contributed by atoms with van der Waals surface area (Å²) in [4.78, 5) is 40.3. The minimum Gasteiger partial charge on any atom is -0.349 e. The lowest BCUT2D eigenvalue weighted by atomic mass is 10.1. The maximum Gasteiger partial charge on any atom is 0.257 e. The Morgan fingerprint density at radius 1 is 1.22 bits per heavy atom. The van der Waals surface area contributed by atoms with Gasteiger partial charge in [-0.1, -0.05) is 18.2 Å². The number of pyridine rings is 1. The average molecular weight is 367 g/mol. The number of anilines is 1. The summed E-state index contributed by atoms with van der Waals surface area (Å²) >= 11 is 0. The molecule has 2 aromatic heterocycles. The molecule has 0 bridgehead atoms. The van der Waals surface area contributed by atoms with Gasteiger partial charge < -0.3 is 15.2 Å². The Balaban J connectivity index is 1.68. The van der Waals surface area contributed by atoms with Crippen molar-refractivity contribution in [1.82, 2.24) is 19.7 Å². The van der Waals surface area contributed by atoms with Gasteiger partial charge in [0.25, 0.3) is 5.91 Å². The van der Waals surface area contributed by atoms with Crippen molar-refractivity contribution in [3.63, 3.8) is 0 Å². The number of hydrogen-bond acceptors (Lipinski definition) is 4. The van der Waals surface area contributed by atoms with Gasteiger partial charge in [-0.3, -0.25) is 19.1 Å². The molecule has 3 aromatic rings. The van der Waals surface area contributed by atoms with Crippen molar-refractivity contribution in [2.24, 2.45) is 0 Å². The molecule has 0 radical (unpaired) electrons. The summed E-state index contributed by atoms with van der Waals surface area (Å²) in [6.07, 6.45) is 2.84. The average Bonchev–Trinajstić information content (AvgIpc) is 3.07. The molecule has 0 fully saturated rings. The van der Waals surface area contributed by atoms with Crippen molar-refractivity contribution in [3.8, 4) is 0 Å². The second kappa shape index (κ2) is 7.86. The van der Waals surface area contributed by atoms with Crippen LogP contribution in [0.1, 0.15) is 23.2 Å². The van der Waals surface area contributed by atoms with Crippen LogP contribution in [0.5, 0.6) is 0 Å². The number of aromatic amines is 1. The van der Waals surface area contributed by atoms with Gasteiger partial charge in [-0.15, -0.1) is 0 Å². The molecule has 0 spiro atoms. The van der Waals surface area contributed by atoms with Crippen LogP contribution in [0.3, 0.4) is 0 Å². The highest BCUT2D eigenvalue weighted by Crippen LogP contribution is 2.16. The molecule has 2 N–H and O–H groups in total. The summed E-state index contributed by atoms with van der Waals surface area (Å²) < 4.78 is 1.68. The number of fused-ring (bicyclic) bond motifs is 1.